The van der Waals surface area contributed by atoms with Crippen LogP contribution in [0.2, 0.25) is 0 Å². The molecule has 0 unspecified atom stereocenters. The molecular weight excluding hydrogens is 275 g/mol. The average molecular weight is 286 g/mol. The number of aryl methyl sites for hydroxylation is 2. The van der Waals surface area contributed by atoms with Crippen LogP contribution < -0.4 is 9.31 Å². The second-order valence-electron chi connectivity index (χ2n) is 3.61. The van der Waals surface area contributed by atoms with Gasteiger partial charge in [0.25, 0.3) is 0 Å². The lowest BCUT2D eigenvalue weighted by Gasteiger charge is -2.06. The number of hydrogen-bond donors (Lipinski definition) is 3. The molecule has 0 spiro atoms. The number of aromatic amines is 2. The predicted molar refractivity (Wildman–Crippen MR) is 70.4 cm³/mol. The molecule has 2 aromatic heterocycles. The second-order valence-corrected chi connectivity index (χ2v) is 4.38. The highest BCUT2D eigenvalue weighted by molar-refractivity contribution is 7.71. The van der Waals surface area contributed by atoms with Crippen molar-refractivity contribution in [2.75, 3.05) is 0 Å². The molecule has 0 bridgehead atoms. The Morgan fingerprint density at radius 2 is 1.44 bits per heavy atom. The van der Waals surface area contributed by atoms with Crippen molar-refractivity contribution in [1.29, 1.82) is 0 Å². The van der Waals surface area contributed by atoms with Gasteiger partial charge < -0.3 is 33.4 Å². The van der Waals surface area contributed by atoms with E-state index in [1.807, 2.05) is 0 Å². The van der Waals surface area contributed by atoms with Gasteiger partial charge in [0.1, 0.15) is 0 Å². The normalized spacial score (nSPS) is 10.4. The number of nitrogens with zero attached hydrogens (tertiary/aromatic N) is 2. The van der Waals surface area contributed by atoms with E-state index in [4.69, 9.17) is 33.7 Å². The molecule has 0 aliphatic heterocycles. The first kappa shape index (κ1) is 12.9. The van der Waals surface area contributed by atoms with Gasteiger partial charge in [0.2, 0.25) is 0 Å². The van der Waals surface area contributed by atoms with Gasteiger partial charge in [-0.15, -0.1) is 0 Å². The molecule has 10 heteroatoms. The van der Waals surface area contributed by atoms with E-state index in [0.29, 0.717) is 21.3 Å². The summed E-state index contributed by atoms with van der Waals surface area (Å²) < 4.78 is 14.4. The van der Waals surface area contributed by atoms with Crippen LogP contribution in [0.1, 0.15) is 0 Å². The number of aromatic nitrogens is 4. The van der Waals surface area contributed by atoms with Gasteiger partial charge in [-0.25, -0.2) is 0 Å². The van der Waals surface area contributed by atoms with Gasteiger partial charge in [-0.3, -0.25) is 0 Å². The molecule has 0 saturated carbocycles. The lowest BCUT2D eigenvalue weighted by molar-refractivity contribution is 0.289. The Kier molecular flexibility index (Phi) is 3.59. The molecule has 2 rings (SSSR count). The summed E-state index contributed by atoms with van der Waals surface area (Å²) in [6.07, 6.45) is 3.20. The summed E-state index contributed by atoms with van der Waals surface area (Å²) in [6.45, 7) is 0. The summed E-state index contributed by atoms with van der Waals surface area (Å²) >= 11 is 9.92. The standard InChI is InChI=1S/C8H11BN4O3S2/c1-12-3-5(10-7(12)17)15-9(14)16-6-4-13(2)8(18)11-6/h3-4,14H,1-2H3,(H,10,17)(H,11,18). The van der Waals surface area contributed by atoms with E-state index in [2.05, 4.69) is 9.97 Å². The Morgan fingerprint density at radius 1 is 1.06 bits per heavy atom. The third-order valence-corrected chi connectivity index (χ3v) is 2.96. The fraction of sp³-hybridized carbons (Fsp3) is 0.250. The van der Waals surface area contributed by atoms with Crippen LogP contribution in [0.5, 0.6) is 11.8 Å². The zero-order valence-electron chi connectivity index (χ0n) is 9.71. The van der Waals surface area contributed by atoms with E-state index >= 15 is 0 Å². The van der Waals surface area contributed by atoms with Crippen LogP contribution in [-0.2, 0) is 14.1 Å². The van der Waals surface area contributed by atoms with E-state index in [1.54, 1.807) is 35.6 Å². The highest BCUT2D eigenvalue weighted by atomic mass is 32.1. The quantitative estimate of drug-likeness (QED) is 0.575. The summed E-state index contributed by atoms with van der Waals surface area (Å²) in [5.41, 5.74) is 0. The molecule has 0 amide bonds. The fourth-order valence-corrected chi connectivity index (χ4v) is 1.59. The molecule has 18 heavy (non-hydrogen) atoms. The average Bonchev–Trinajstić information content (AvgIpc) is 2.72. The van der Waals surface area contributed by atoms with Crippen LogP contribution in [0.4, 0.5) is 0 Å². The summed E-state index contributed by atoms with van der Waals surface area (Å²) in [5, 5.41) is 9.59. The molecule has 0 fully saturated rings. The van der Waals surface area contributed by atoms with Crippen molar-refractivity contribution in [3.63, 3.8) is 0 Å². The van der Waals surface area contributed by atoms with Gasteiger partial charge >= 0.3 is 7.32 Å². The van der Waals surface area contributed by atoms with Crippen LogP contribution in [0, 0.1) is 9.54 Å². The summed E-state index contributed by atoms with van der Waals surface area (Å²) in [4.78, 5) is 5.51. The molecule has 0 saturated heterocycles. The maximum Gasteiger partial charge on any atom is 0.787 e. The number of rotatable bonds is 4. The second kappa shape index (κ2) is 5.00. The Hall–Kier alpha value is -1.52. The molecule has 0 radical (unpaired) electrons. The van der Waals surface area contributed by atoms with E-state index < -0.39 is 7.32 Å². The molecule has 96 valence electrons. The minimum atomic E-state index is -1.47. The monoisotopic (exact) mass is 286 g/mol. The molecule has 3 N–H and O–H groups in total. The van der Waals surface area contributed by atoms with Gasteiger partial charge in [-0.1, -0.05) is 0 Å². The smallest absolute Gasteiger partial charge is 0.486 e. The van der Waals surface area contributed by atoms with E-state index in [1.165, 1.54) is 0 Å². The Labute approximate surface area is 113 Å². The van der Waals surface area contributed by atoms with Crippen LogP contribution in [0.15, 0.2) is 12.4 Å². The Balaban J connectivity index is 2.02. The molecular formula is C8H11BN4O3S2. The van der Waals surface area contributed by atoms with E-state index in [0.717, 1.165) is 0 Å². The van der Waals surface area contributed by atoms with Crippen molar-refractivity contribution in [3.05, 3.63) is 21.9 Å². The molecule has 0 aliphatic rings. The maximum absolute atomic E-state index is 9.59. The molecule has 2 heterocycles. The number of hydrogen-bond acceptors (Lipinski definition) is 5. The lowest BCUT2D eigenvalue weighted by Crippen LogP contribution is -2.29. The van der Waals surface area contributed by atoms with Crippen molar-refractivity contribution in [2.24, 2.45) is 14.1 Å². The van der Waals surface area contributed by atoms with Crippen LogP contribution in [0.3, 0.4) is 0 Å². The fourth-order valence-electron chi connectivity index (χ4n) is 1.28. The van der Waals surface area contributed by atoms with Crippen LogP contribution >= 0.6 is 24.4 Å². The van der Waals surface area contributed by atoms with Crippen molar-refractivity contribution < 1.29 is 14.3 Å². The van der Waals surface area contributed by atoms with Crippen molar-refractivity contribution in [1.82, 2.24) is 19.1 Å². The topological polar surface area (TPSA) is 80.1 Å². The molecule has 0 aromatic carbocycles. The zero-order valence-corrected chi connectivity index (χ0v) is 11.3. The largest absolute Gasteiger partial charge is 0.787 e. The zero-order chi connectivity index (χ0) is 13.3. The van der Waals surface area contributed by atoms with Gasteiger partial charge in [0.15, 0.2) is 21.3 Å². The Bertz CT molecular complexity index is 602. The SMILES string of the molecule is Cn1cc(OB(O)Oc2cn(C)c(=S)[nH]2)[nH]c1=S. The van der Waals surface area contributed by atoms with E-state index in [-0.39, 0.29) is 0 Å². The van der Waals surface area contributed by atoms with Crippen LogP contribution in [0.25, 0.3) is 0 Å². The van der Waals surface area contributed by atoms with Gasteiger partial charge in [-0.05, 0) is 24.4 Å². The Morgan fingerprint density at radius 3 is 1.72 bits per heavy atom. The first-order valence-electron chi connectivity index (χ1n) is 4.98. The first-order chi connectivity index (χ1) is 8.45. The minimum Gasteiger partial charge on any atom is -0.486 e. The molecule has 0 atom stereocenters. The van der Waals surface area contributed by atoms with Crippen molar-refractivity contribution in [2.45, 2.75) is 0 Å². The predicted octanol–water partition coefficient (Wildman–Crippen LogP) is 0.914. The van der Waals surface area contributed by atoms with Crippen molar-refractivity contribution in [3.8, 4) is 11.8 Å². The lowest BCUT2D eigenvalue weighted by atomic mass is 10.2. The molecule has 0 aliphatic carbocycles. The third kappa shape index (κ3) is 2.83. The maximum atomic E-state index is 9.59. The summed E-state index contributed by atoms with van der Waals surface area (Å²) in [5.74, 6) is 0.619. The van der Waals surface area contributed by atoms with Crippen LogP contribution in [-0.4, -0.2) is 31.4 Å². The summed E-state index contributed by atoms with van der Waals surface area (Å²) in [6, 6.07) is 0. The molecule has 2 aromatic rings. The number of imidazole rings is 2. The first-order valence-corrected chi connectivity index (χ1v) is 5.80. The van der Waals surface area contributed by atoms with Gasteiger partial charge in [-0.2, -0.15) is 0 Å². The minimum absolute atomic E-state index is 0.310. The number of nitrogens with one attached hydrogen (secondary N) is 2. The van der Waals surface area contributed by atoms with Gasteiger partial charge in [0, 0.05) is 14.1 Å². The highest BCUT2D eigenvalue weighted by Crippen LogP contribution is 2.10. The third-order valence-electron chi connectivity index (χ3n) is 2.18. The highest BCUT2D eigenvalue weighted by Gasteiger charge is 2.23. The number of H-pyrrole nitrogens is 2. The molecule has 7 nitrogen and oxygen atoms in total. The summed E-state index contributed by atoms with van der Waals surface area (Å²) in [7, 11) is 2.05. The van der Waals surface area contributed by atoms with Gasteiger partial charge in [0.05, 0.1) is 12.4 Å². The van der Waals surface area contributed by atoms with Crippen molar-refractivity contribution >= 4 is 31.8 Å². The van der Waals surface area contributed by atoms with E-state index in [9.17, 15) is 5.02 Å².